The summed E-state index contributed by atoms with van der Waals surface area (Å²) < 4.78 is 16.7. The molecule has 0 aliphatic rings. The van der Waals surface area contributed by atoms with Crippen LogP contribution >= 0.6 is 0 Å². The van der Waals surface area contributed by atoms with Crippen LogP contribution in [-0.4, -0.2) is 26.0 Å². The monoisotopic (exact) mass is 358 g/mol. The number of anilines is 1. The Morgan fingerprint density at radius 1 is 0.923 bits per heavy atom. The third-order valence-electron chi connectivity index (χ3n) is 3.82. The smallest absolute Gasteiger partial charge is 0.321 e. The molecule has 26 heavy (non-hydrogen) atoms. The molecule has 0 heterocycles. The molecule has 0 bridgehead atoms. The van der Waals surface area contributed by atoms with Crippen molar-refractivity contribution >= 4 is 11.7 Å². The predicted octanol–water partition coefficient (Wildman–Crippen LogP) is 4.26. The Kier molecular flexibility index (Phi) is 7.14. The summed E-state index contributed by atoms with van der Waals surface area (Å²) in [5.41, 5.74) is 2.81. The maximum Gasteiger partial charge on any atom is 0.321 e. The number of benzene rings is 2. The topological polar surface area (TPSA) is 68.8 Å². The fraction of sp³-hybridized carbons (Fsp3) is 0.350. The Bertz CT molecular complexity index is 747. The lowest BCUT2D eigenvalue weighted by Crippen LogP contribution is -2.32. The summed E-state index contributed by atoms with van der Waals surface area (Å²) >= 11 is 0. The van der Waals surface area contributed by atoms with Crippen LogP contribution < -0.4 is 24.8 Å². The van der Waals surface area contributed by atoms with E-state index < -0.39 is 0 Å². The minimum atomic E-state index is -0.359. The van der Waals surface area contributed by atoms with Crippen LogP contribution in [0.4, 0.5) is 10.5 Å². The third kappa shape index (κ3) is 5.31. The van der Waals surface area contributed by atoms with E-state index in [2.05, 4.69) is 10.6 Å². The first kappa shape index (κ1) is 19.4. The van der Waals surface area contributed by atoms with Crippen molar-refractivity contribution in [1.29, 1.82) is 0 Å². The zero-order chi connectivity index (χ0) is 18.9. The van der Waals surface area contributed by atoms with Gasteiger partial charge < -0.3 is 24.8 Å². The minimum Gasteiger partial charge on any atom is -0.490 e. The molecule has 6 nitrogen and oxygen atoms in total. The van der Waals surface area contributed by atoms with Crippen molar-refractivity contribution in [2.75, 3.05) is 25.3 Å². The summed E-state index contributed by atoms with van der Waals surface area (Å²) in [5, 5.41) is 5.43. The van der Waals surface area contributed by atoms with E-state index in [1.54, 1.807) is 18.2 Å². The average molecular weight is 358 g/mol. The molecule has 0 unspecified atom stereocenters. The Morgan fingerprint density at radius 2 is 1.65 bits per heavy atom. The van der Waals surface area contributed by atoms with Gasteiger partial charge in [0.05, 0.1) is 13.2 Å². The number of amides is 2. The van der Waals surface area contributed by atoms with E-state index in [0.29, 0.717) is 30.4 Å². The number of carbonyl (C=O) groups excluding carboxylic acids is 1. The second kappa shape index (κ2) is 9.56. The molecule has 0 saturated carbocycles. The number of nitrogens with one attached hydrogen (secondary N) is 2. The maximum atomic E-state index is 12.1. The summed E-state index contributed by atoms with van der Waals surface area (Å²) in [4.78, 5) is 12.1. The summed E-state index contributed by atoms with van der Waals surface area (Å²) in [5.74, 6) is 2.00. The van der Waals surface area contributed by atoms with E-state index >= 15 is 0 Å². The average Bonchev–Trinajstić information content (AvgIpc) is 2.61. The van der Waals surface area contributed by atoms with Crippen molar-refractivity contribution in [3.8, 4) is 17.2 Å². The third-order valence-corrected chi connectivity index (χ3v) is 3.82. The zero-order valence-electron chi connectivity index (χ0n) is 15.7. The zero-order valence-corrected chi connectivity index (χ0v) is 15.7. The lowest BCUT2D eigenvalue weighted by molar-refractivity contribution is 0.234. The molecule has 2 rings (SSSR count). The standard InChI is InChI=1S/C20H26N2O4/c1-5-24-18-11-10-16(12-19(18)25-6-2)22-20(23)21-13-26-17-9-7-8-14(3)15(17)4/h7-12H,5-6,13H2,1-4H3,(H2,21,22,23). The Hall–Kier alpha value is -2.89. The van der Waals surface area contributed by atoms with Crippen molar-refractivity contribution in [3.63, 3.8) is 0 Å². The molecular formula is C20H26N2O4. The van der Waals surface area contributed by atoms with Gasteiger partial charge in [-0.2, -0.15) is 0 Å². The van der Waals surface area contributed by atoms with Crippen molar-refractivity contribution in [2.24, 2.45) is 0 Å². The van der Waals surface area contributed by atoms with Gasteiger partial charge in [0, 0.05) is 11.8 Å². The lowest BCUT2D eigenvalue weighted by Gasteiger charge is -2.14. The molecule has 0 fully saturated rings. The highest BCUT2D eigenvalue weighted by Gasteiger charge is 2.09. The van der Waals surface area contributed by atoms with Gasteiger partial charge in [-0.1, -0.05) is 12.1 Å². The van der Waals surface area contributed by atoms with Crippen LogP contribution in [-0.2, 0) is 0 Å². The predicted molar refractivity (Wildman–Crippen MR) is 102 cm³/mol. The van der Waals surface area contributed by atoms with E-state index in [4.69, 9.17) is 14.2 Å². The van der Waals surface area contributed by atoms with E-state index in [1.807, 2.05) is 45.9 Å². The Labute approximate surface area is 154 Å². The molecule has 2 amide bonds. The molecule has 0 saturated heterocycles. The van der Waals surface area contributed by atoms with Crippen molar-refractivity contribution in [1.82, 2.24) is 5.32 Å². The normalized spacial score (nSPS) is 10.2. The van der Waals surface area contributed by atoms with Crippen LogP contribution in [0, 0.1) is 13.8 Å². The second-order valence-electron chi connectivity index (χ2n) is 5.65. The van der Waals surface area contributed by atoms with Gasteiger partial charge in [0.15, 0.2) is 18.2 Å². The SMILES string of the molecule is CCOc1ccc(NC(=O)NCOc2cccc(C)c2C)cc1OCC. The first-order valence-electron chi connectivity index (χ1n) is 8.68. The van der Waals surface area contributed by atoms with Crippen LogP contribution in [0.1, 0.15) is 25.0 Å². The van der Waals surface area contributed by atoms with Gasteiger partial charge in [-0.25, -0.2) is 4.79 Å². The second-order valence-corrected chi connectivity index (χ2v) is 5.65. The number of ether oxygens (including phenoxy) is 3. The number of urea groups is 1. The maximum absolute atomic E-state index is 12.1. The van der Waals surface area contributed by atoms with Crippen molar-refractivity contribution in [3.05, 3.63) is 47.5 Å². The summed E-state index contributed by atoms with van der Waals surface area (Å²) in [7, 11) is 0. The number of aryl methyl sites for hydroxylation is 1. The molecule has 0 aliphatic carbocycles. The van der Waals surface area contributed by atoms with E-state index in [1.165, 1.54) is 0 Å². The fourth-order valence-electron chi connectivity index (χ4n) is 2.36. The molecule has 2 aromatic rings. The Balaban J connectivity index is 1.91. The minimum absolute atomic E-state index is 0.0749. The van der Waals surface area contributed by atoms with Crippen LogP contribution in [0.25, 0.3) is 0 Å². The van der Waals surface area contributed by atoms with Crippen molar-refractivity contribution in [2.45, 2.75) is 27.7 Å². The number of rotatable bonds is 8. The molecule has 2 aromatic carbocycles. The largest absolute Gasteiger partial charge is 0.490 e. The van der Waals surface area contributed by atoms with E-state index in [0.717, 1.165) is 16.9 Å². The summed E-state index contributed by atoms with van der Waals surface area (Å²) in [6.45, 7) is 8.94. The summed E-state index contributed by atoms with van der Waals surface area (Å²) in [6, 6.07) is 10.7. The van der Waals surface area contributed by atoms with Gasteiger partial charge in [-0.3, -0.25) is 0 Å². The van der Waals surface area contributed by atoms with E-state index in [-0.39, 0.29) is 12.8 Å². The van der Waals surface area contributed by atoms with Crippen LogP contribution in [0.15, 0.2) is 36.4 Å². The highest BCUT2D eigenvalue weighted by atomic mass is 16.5. The van der Waals surface area contributed by atoms with Gasteiger partial charge >= 0.3 is 6.03 Å². The summed E-state index contributed by atoms with van der Waals surface area (Å²) in [6.07, 6.45) is 0. The molecule has 6 heteroatoms. The first-order valence-corrected chi connectivity index (χ1v) is 8.68. The number of hydrogen-bond donors (Lipinski definition) is 2. The molecular weight excluding hydrogens is 332 g/mol. The van der Waals surface area contributed by atoms with E-state index in [9.17, 15) is 4.79 Å². The highest BCUT2D eigenvalue weighted by molar-refractivity contribution is 5.89. The van der Waals surface area contributed by atoms with Gasteiger partial charge in [-0.15, -0.1) is 0 Å². The van der Waals surface area contributed by atoms with Gasteiger partial charge in [0.25, 0.3) is 0 Å². The van der Waals surface area contributed by atoms with Crippen LogP contribution in [0.5, 0.6) is 17.2 Å². The molecule has 0 atom stereocenters. The fourth-order valence-corrected chi connectivity index (χ4v) is 2.36. The number of carbonyl (C=O) groups is 1. The molecule has 140 valence electrons. The van der Waals surface area contributed by atoms with Crippen LogP contribution in [0.2, 0.25) is 0 Å². The quantitative estimate of drug-likeness (QED) is 0.692. The molecule has 0 radical (unpaired) electrons. The molecule has 0 aromatic heterocycles. The number of hydrogen-bond acceptors (Lipinski definition) is 4. The van der Waals surface area contributed by atoms with Gasteiger partial charge in [0.1, 0.15) is 5.75 Å². The van der Waals surface area contributed by atoms with Crippen LogP contribution in [0.3, 0.4) is 0 Å². The first-order chi connectivity index (χ1) is 12.5. The van der Waals surface area contributed by atoms with Gasteiger partial charge in [0.2, 0.25) is 0 Å². The van der Waals surface area contributed by atoms with Crippen molar-refractivity contribution < 1.29 is 19.0 Å². The van der Waals surface area contributed by atoms with Gasteiger partial charge in [-0.05, 0) is 57.0 Å². The lowest BCUT2D eigenvalue weighted by atomic mass is 10.1. The molecule has 2 N–H and O–H groups in total. The Morgan fingerprint density at radius 3 is 2.38 bits per heavy atom. The molecule has 0 spiro atoms. The molecule has 0 aliphatic heterocycles. The highest BCUT2D eigenvalue weighted by Crippen LogP contribution is 2.30.